The number of carboxylic acid groups (broad SMARTS) is 1. The number of hydrogen-bond acceptors (Lipinski definition) is 7. The number of aliphatic carboxylic acids is 1. The molecule has 0 heterocycles. The van der Waals surface area contributed by atoms with Gasteiger partial charge in [-0.2, -0.15) is 0 Å². The Balaban J connectivity index is 4.13. The van der Waals surface area contributed by atoms with Crippen LogP contribution < -0.4 is 5.11 Å². The van der Waals surface area contributed by atoms with Crippen molar-refractivity contribution < 1.29 is 38.2 Å². The number of hydrogen-bond donors (Lipinski definition) is 0. The summed E-state index contributed by atoms with van der Waals surface area (Å²) in [5.41, 5.74) is 0. The van der Waals surface area contributed by atoms with Gasteiger partial charge in [0.15, 0.2) is 6.10 Å². The number of likely N-dealkylation sites (N-methyl/N-ethyl adjacent to an activating group) is 1. The summed E-state index contributed by atoms with van der Waals surface area (Å²) < 4.78 is 17.2. The van der Waals surface area contributed by atoms with E-state index in [9.17, 15) is 19.5 Å². The average Bonchev–Trinajstić information content (AvgIpc) is 3.18. The van der Waals surface area contributed by atoms with E-state index in [4.69, 9.17) is 14.2 Å². The van der Waals surface area contributed by atoms with Gasteiger partial charge in [-0.1, -0.05) is 199 Å². The van der Waals surface area contributed by atoms with Gasteiger partial charge in [0.05, 0.1) is 40.3 Å². The zero-order chi connectivity index (χ0) is 42.8. The predicted octanol–water partition coefficient (Wildman–Crippen LogP) is 12.3. The van der Waals surface area contributed by atoms with E-state index >= 15 is 0 Å². The zero-order valence-electron chi connectivity index (χ0n) is 38.7. The number of allylic oxidation sites excluding steroid dienone is 4. The van der Waals surface area contributed by atoms with E-state index in [0.717, 1.165) is 51.4 Å². The number of nitrogens with zero attached hydrogens (tertiary/aromatic N) is 1. The molecule has 0 fully saturated rings. The lowest BCUT2D eigenvalue weighted by Gasteiger charge is -2.34. The van der Waals surface area contributed by atoms with Gasteiger partial charge in [0.25, 0.3) is 0 Å². The molecule has 0 aliphatic heterocycles. The van der Waals surface area contributed by atoms with Crippen LogP contribution in [0.3, 0.4) is 0 Å². The highest BCUT2D eigenvalue weighted by atomic mass is 16.6. The van der Waals surface area contributed by atoms with Crippen molar-refractivity contribution in [1.29, 1.82) is 0 Å². The predicted molar refractivity (Wildman–Crippen MR) is 240 cm³/mol. The third-order valence-electron chi connectivity index (χ3n) is 11.1. The maximum atomic E-state index is 12.7. The van der Waals surface area contributed by atoms with Crippen molar-refractivity contribution in [2.45, 2.75) is 238 Å². The van der Waals surface area contributed by atoms with Crippen molar-refractivity contribution in [3.05, 3.63) is 24.3 Å². The second kappa shape index (κ2) is 41.5. The summed E-state index contributed by atoms with van der Waals surface area (Å²) in [5, 5.41) is 11.6. The van der Waals surface area contributed by atoms with Gasteiger partial charge in [-0.25, -0.2) is 0 Å². The molecule has 0 aromatic rings. The molecule has 0 aromatic carbocycles. The summed E-state index contributed by atoms with van der Waals surface area (Å²) in [6, 6.07) is -0.727. The quantitative estimate of drug-likeness (QED) is 0.0261. The highest BCUT2D eigenvalue weighted by Crippen LogP contribution is 2.16. The van der Waals surface area contributed by atoms with E-state index in [2.05, 4.69) is 38.2 Å². The van der Waals surface area contributed by atoms with Gasteiger partial charge in [-0.05, 0) is 32.1 Å². The number of rotatable bonds is 44. The van der Waals surface area contributed by atoms with Gasteiger partial charge in [0.1, 0.15) is 12.6 Å². The van der Waals surface area contributed by atoms with E-state index in [0.29, 0.717) is 12.8 Å². The molecule has 8 heteroatoms. The lowest BCUT2D eigenvalue weighted by molar-refractivity contribution is -0.889. The summed E-state index contributed by atoms with van der Waals surface area (Å²) in [6.45, 7) is 4.61. The average molecular weight is 820 g/mol. The fraction of sp³-hybridized carbons (Fsp3) is 0.860. The monoisotopic (exact) mass is 820 g/mol. The van der Waals surface area contributed by atoms with Gasteiger partial charge in [0.2, 0.25) is 0 Å². The van der Waals surface area contributed by atoms with E-state index in [1.165, 1.54) is 141 Å². The van der Waals surface area contributed by atoms with Crippen molar-refractivity contribution in [3.63, 3.8) is 0 Å². The molecule has 0 saturated heterocycles. The first-order valence-electron chi connectivity index (χ1n) is 24.4. The molecule has 0 aromatic heterocycles. The SMILES string of the molecule is CCCC/C=C/C=C/CCCCCC(=O)OC(COCCC(C(=O)[O-])[N+](C)(C)C)COC(=O)CCCCCCCCCCCCCCCCCCCCCCCCC. The Hall–Kier alpha value is -2.19. The Kier molecular flexibility index (Phi) is 40.0. The molecule has 340 valence electrons. The first kappa shape index (κ1) is 55.8. The van der Waals surface area contributed by atoms with Crippen LogP contribution >= 0.6 is 0 Å². The van der Waals surface area contributed by atoms with Crippen LogP contribution in [-0.4, -0.2) is 75.5 Å². The van der Waals surface area contributed by atoms with Gasteiger partial charge < -0.3 is 28.6 Å². The second-order valence-corrected chi connectivity index (χ2v) is 17.7. The van der Waals surface area contributed by atoms with Crippen LogP contribution in [0.1, 0.15) is 226 Å². The number of carbonyl (C=O) groups excluding carboxylic acids is 3. The van der Waals surface area contributed by atoms with E-state index in [1.54, 1.807) is 21.1 Å². The number of unbranched alkanes of at least 4 members (excludes halogenated alkanes) is 27. The Labute approximate surface area is 358 Å². The third kappa shape index (κ3) is 39.3. The number of quaternary nitrogens is 1. The van der Waals surface area contributed by atoms with Crippen LogP contribution in [0.2, 0.25) is 0 Å². The minimum absolute atomic E-state index is 0.0337. The summed E-state index contributed by atoms with van der Waals surface area (Å²) in [7, 11) is 5.40. The number of ether oxygens (including phenoxy) is 3. The van der Waals surface area contributed by atoms with Crippen LogP contribution in [0, 0.1) is 0 Å². The van der Waals surface area contributed by atoms with Crippen molar-refractivity contribution in [1.82, 2.24) is 0 Å². The molecule has 0 spiro atoms. The van der Waals surface area contributed by atoms with Gasteiger partial charge in [-0.15, -0.1) is 0 Å². The lowest BCUT2D eigenvalue weighted by atomic mass is 10.0. The summed E-state index contributed by atoms with van der Waals surface area (Å²) >= 11 is 0. The fourth-order valence-electron chi connectivity index (χ4n) is 7.28. The van der Waals surface area contributed by atoms with Crippen LogP contribution in [0.5, 0.6) is 0 Å². The van der Waals surface area contributed by atoms with E-state index < -0.39 is 18.1 Å². The molecule has 0 saturated carbocycles. The Bertz CT molecular complexity index is 1000. The Morgan fingerprint density at radius 2 is 0.914 bits per heavy atom. The van der Waals surface area contributed by atoms with Crippen molar-refractivity contribution in [2.75, 3.05) is 41.0 Å². The molecule has 0 amide bonds. The van der Waals surface area contributed by atoms with Crippen LogP contribution in [0.15, 0.2) is 24.3 Å². The molecule has 0 radical (unpaired) electrons. The normalized spacial score (nSPS) is 13.1. The molecule has 0 rings (SSSR count). The highest BCUT2D eigenvalue weighted by molar-refractivity contribution is 5.70. The number of carboxylic acids is 1. The number of esters is 2. The Morgan fingerprint density at radius 1 is 0.517 bits per heavy atom. The minimum Gasteiger partial charge on any atom is -0.544 e. The maximum Gasteiger partial charge on any atom is 0.306 e. The van der Waals surface area contributed by atoms with Crippen molar-refractivity contribution >= 4 is 17.9 Å². The second-order valence-electron chi connectivity index (χ2n) is 17.7. The van der Waals surface area contributed by atoms with Gasteiger partial charge >= 0.3 is 11.9 Å². The molecule has 8 nitrogen and oxygen atoms in total. The molecule has 0 aliphatic carbocycles. The smallest absolute Gasteiger partial charge is 0.306 e. The van der Waals surface area contributed by atoms with Crippen molar-refractivity contribution in [2.24, 2.45) is 0 Å². The maximum absolute atomic E-state index is 12.7. The van der Waals surface area contributed by atoms with Gasteiger partial charge in [0, 0.05) is 19.3 Å². The molecule has 0 bridgehead atoms. The molecule has 0 aliphatic rings. The van der Waals surface area contributed by atoms with Crippen LogP contribution in [0.25, 0.3) is 0 Å². The highest BCUT2D eigenvalue weighted by Gasteiger charge is 2.25. The first-order valence-corrected chi connectivity index (χ1v) is 24.4. The van der Waals surface area contributed by atoms with E-state index in [-0.39, 0.29) is 42.7 Å². The molecule has 58 heavy (non-hydrogen) atoms. The third-order valence-corrected chi connectivity index (χ3v) is 11.1. The minimum atomic E-state index is -1.13. The van der Waals surface area contributed by atoms with E-state index in [1.807, 2.05) is 0 Å². The molecule has 0 N–H and O–H groups in total. The number of carbonyl (C=O) groups is 3. The molecular formula is C50H93NO7. The summed E-state index contributed by atoms with van der Waals surface area (Å²) in [4.78, 5) is 36.8. The standard InChI is InChI=1S/C50H93NO7/c1-6-8-10-12-14-16-18-19-20-21-22-23-24-25-26-27-28-29-31-32-34-36-38-40-48(52)57-45-46(44-56-43-42-47(50(54)55)51(3,4)5)58-49(53)41-39-37-35-33-30-17-15-13-11-9-7-2/h13,15,17,30,46-47H,6-12,14,16,18-29,31-45H2,1-5H3/b15-13+,30-17+. The summed E-state index contributed by atoms with van der Waals surface area (Å²) in [6.07, 6.45) is 46.5. The molecule has 2 unspecified atom stereocenters. The summed E-state index contributed by atoms with van der Waals surface area (Å²) in [5.74, 6) is -1.76. The fourth-order valence-corrected chi connectivity index (χ4v) is 7.28. The van der Waals surface area contributed by atoms with Crippen molar-refractivity contribution in [3.8, 4) is 0 Å². The lowest BCUT2D eigenvalue weighted by Crippen LogP contribution is -2.55. The Morgan fingerprint density at radius 3 is 1.34 bits per heavy atom. The van der Waals surface area contributed by atoms with Crippen LogP contribution in [0.4, 0.5) is 0 Å². The topological polar surface area (TPSA) is 102 Å². The largest absolute Gasteiger partial charge is 0.544 e. The zero-order valence-corrected chi connectivity index (χ0v) is 38.7. The molecular weight excluding hydrogens is 727 g/mol. The van der Waals surface area contributed by atoms with Crippen LogP contribution in [-0.2, 0) is 28.6 Å². The van der Waals surface area contributed by atoms with Gasteiger partial charge in [-0.3, -0.25) is 9.59 Å². The first-order chi connectivity index (χ1) is 28.1. The molecule has 2 atom stereocenters.